The Kier molecular flexibility index (Phi) is 5.48. The zero-order chi connectivity index (χ0) is 17.7. The maximum Gasteiger partial charge on any atom is 0.319 e. The van der Waals surface area contributed by atoms with Crippen molar-refractivity contribution in [2.24, 2.45) is 0 Å². The third kappa shape index (κ3) is 3.74. The van der Waals surface area contributed by atoms with Crippen molar-refractivity contribution < 1.29 is 14.3 Å². The number of nitrogens with one attached hydrogen (secondary N) is 2. The fourth-order valence-electron chi connectivity index (χ4n) is 3.59. The van der Waals surface area contributed by atoms with Gasteiger partial charge in [-0.3, -0.25) is 0 Å². The monoisotopic (exact) mass is 360 g/mol. The molecule has 1 fully saturated rings. The predicted molar refractivity (Wildman–Crippen MR) is 101 cm³/mol. The smallest absolute Gasteiger partial charge is 0.319 e. The number of amides is 2. The van der Waals surface area contributed by atoms with Crippen molar-refractivity contribution in [2.45, 2.75) is 31.1 Å². The molecule has 0 atom stereocenters. The molecule has 3 rings (SSSR count). The highest BCUT2D eigenvalue weighted by Gasteiger charge is 2.36. The molecule has 2 N–H and O–H groups in total. The van der Waals surface area contributed by atoms with Crippen molar-refractivity contribution in [1.29, 1.82) is 0 Å². The van der Waals surface area contributed by atoms with Gasteiger partial charge in [0.15, 0.2) is 11.5 Å². The Labute approximate surface area is 152 Å². The second-order valence-electron chi connectivity index (χ2n) is 6.35. The lowest BCUT2D eigenvalue weighted by molar-refractivity contribution is 0.248. The lowest BCUT2D eigenvalue weighted by Crippen LogP contribution is -2.40. The molecule has 1 heterocycles. The molecule has 6 heteroatoms. The molecule has 1 aliphatic rings. The summed E-state index contributed by atoms with van der Waals surface area (Å²) in [4.78, 5) is 12.4. The molecule has 0 aliphatic heterocycles. The number of benzene rings is 1. The Morgan fingerprint density at radius 3 is 2.64 bits per heavy atom. The number of rotatable bonds is 6. The lowest BCUT2D eigenvalue weighted by Gasteiger charge is -2.28. The molecule has 1 aromatic heterocycles. The molecular weight excluding hydrogens is 336 g/mol. The molecule has 1 saturated carbocycles. The molecule has 0 spiro atoms. The number of anilines is 1. The van der Waals surface area contributed by atoms with E-state index >= 15 is 0 Å². The molecule has 25 heavy (non-hydrogen) atoms. The maximum absolute atomic E-state index is 12.4. The van der Waals surface area contributed by atoms with Crippen LogP contribution in [-0.4, -0.2) is 26.8 Å². The first kappa shape index (κ1) is 17.6. The van der Waals surface area contributed by atoms with E-state index in [2.05, 4.69) is 27.5 Å². The number of urea groups is 1. The Morgan fingerprint density at radius 1 is 1.20 bits per heavy atom. The predicted octanol–water partition coefficient (Wildman–Crippen LogP) is 4.40. The van der Waals surface area contributed by atoms with Crippen LogP contribution in [0.3, 0.4) is 0 Å². The van der Waals surface area contributed by atoms with Gasteiger partial charge in [0.2, 0.25) is 0 Å². The number of methoxy groups -OCH3 is 2. The third-order valence-corrected chi connectivity index (χ3v) is 5.62. The van der Waals surface area contributed by atoms with Crippen LogP contribution in [0.4, 0.5) is 10.5 Å². The Balaban J connectivity index is 1.67. The van der Waals surface area contributed by atoms with Gasteiger partial charge in [0.1, 0.15) is 0 Å². The van der Waals surface area contributed by atoms with Crippen LogP contribution in [0.1, 0.15) is 31.2 Å². The van der Waals surface area contributed by atoms with Crippen LogP contribution >= 0.6 is 11.3 Å². The Hall–Kier alpha value is -2.21. The van der Waals surface area contributed by atoms with Crippen LogP contribution in [-0.2, 0) is 5.41 Å². The Morgan fingerprint density at radius 2 is 2.00 bits per heavy atom. The summed E-state index contributed by atoms with van der Waals surface area (Å²) in [6, 6.07) is 7.37. The van der Waals surface area contributed by atoms with Gasteiger partial charge in [0.05, 0.1) is 19.9 Å². The zero-order valence-electron chi connectivity index (χ0n) is 14.6. The van der Waals surface area contributed by atoms with Crippen LogP contribution in [0, 0.1) is 0 Å². The number of para-hydroxylation sites is 1. The molecule has 0 saturated heterocycles. The van der Waals surface area contributed by atoms with E-state index in [9.17, 15) is 4.79 Å². The average Bonchev–Trinajstić information content (AvgIpc) is 3.32. The van der Waals surface area contributed by atoms with Crippen LogP contribution in [0.5, 0.6) is 11.5 Å². The van der Waals surface area contributed by atoms with Crippen molar-refractivity contribution in [3.8, 4) is 11.5 Å². The largest absolute Gasteiger partial charge is 0.493 e. The van der Waals surface area contributed by atoms with E-state index in [1.54, 1.807) is 37.7 Å². The van der Waals surface area contributed by atoms with Gasteiger partial charge >= 0.3 is 6.03 Å². The van der Waals surface area contributed by atoms with E-state index in [1.807, 2.05) is 6.07 Å². The first-order chi connectivity index (χ1) is 12.2. The van der Waals surface area contributed by atoms with Gasteiger partial charge in [0, 0.05) is 12.0 Å². The van der Waals surface area contributed by atoms with Crippen molar-refractivity contribution >= 4 is 23.1 Å². The highest BCUT2D eigenvalue weighted by atomic mass is 32.1. The summed E-state index contributed by atoms with van der Waals surface area (Å²) >= 11 is 1.71. The van der Waals surface area contributed by atoms with E-state index in [0.717, 1.165) is 12.8 Å². The van der Waals surface area contributed by atoms with Crippen LogP contribution in [0.25, 0.3) is 0 Å². The van der Waals surface area contributed by atoms with Crippen molar-refractivity contribution in [1.82, 2.24) is 5.32 Å². The van der Waals surface area contributed by atoms with Gasteiger partial charge in [-0.1, -0.05) is 18.9 Å². The van der Waals surface area contributed by atoms with Gasteiger partial charge in [-0.2, -0.15) is 11.3 Å². The number of carbonyl (C=O) groups excluding carboxylic acids is 1. The molecule has 134 valence electrons. The number of thiophene rings is 1. The topological polar surface area (TPSA) is 59.6 Å². The normalized spacial score (nSPS) is 15.6. The van der Waals surface area contributed by atoms with Gasteiger partial charge in [-0.05, 0) is 47.4 Å². The molecule has 5 nitrogen and oxygen atoms in total. The number of hydrogen-bond acceptors (Lipinski definition) is 4. The molecular formula is C19H24N2O3S. The van der Waals surface area contributed by atoms with Gasteiger partial charge in [-0.15, -0.1) is 0 Å². The van der Waals surface area contributed by atoms with E-state index in [-0.39, 0.29) is 11.4 Å². The molecule has 0 bridgehead atoms. The summed E-state index contributed by atoms with van der Waals surface area (Å²) < 4.78 is 10.6. The molecule has 2 amide bonds. The first-order valence-electron chi connectivity index (χ1n) is 8.47. The number of carbonyl (C=O) groups is 1. The number of ether oxygens (including phenoxy) is 2. The van der Waals surface area contributed by atoms with Crippen LogP contribution in [0.15, 0.2) is 35.0 Å². The third-order valence-electron chi connectivity index (χ3n) is 4.93. The molecule has 1 aromatic carbocycles. The van der Waals surface area contributed by atoms with Crippen LogP contribution < -0.4 is 20.1 Å². The summed E-state index contributed by atoms with van der Waals surface area (Å²) in [5.41, 5.74) is 2.00. The second kappa shape index (κ2) is 7.78. The van der Waals surface area contributed by atoms with E-state index in [4.69, 9.17) is 9.47 Å². The summed E-state index contributed by atoms with van der Waals surface area (Å²) in [7, 11) is 3.14. The molecule has 0 unspecified atom stereocenters. The van der Waals surface area contributed by atoms with Gasteiger partial charge < -0.3 is 20.1 Å². The first-order valence-corrected chi connectivity index (χ1v) is 9.41. The Bertz CT molecular complexity index is 709. The zero-order valence-corrected chi connectivity index (χ0v) is 15.4. The fourth-order valence-corrected chi connectivity index (χ4v) is 4.37. The van der Waals surface area contributed by atoms with Gasteiger partial charge in [-0.25, -0.2) is 4.79 Å². The van der Waals surface area contributed by atoms with E-state index in [0.29, 0.717) is 23.7 Å². The average molecular weight is 360 g/mol. The standard InChI is InChI=1S/C19H24N2O3S/c1-23-16-7-5-6-15(17(16)24-2)21-18(22)20-13-19(9-3-4-10-19)14-8-11-25-12-14/h5-8,11-12H,3-4,9-10,13H2,1-2H3,(H2,20,21,22). The molecule has 2 aromatic rings. The summed E-state index contributed by atoms with van der Waals surface area (Å²) in [6.07, 6.45) is 4.66. The van der Waals surface area contributed by atoms with E-state index < -0.39 is 0 Å². The highest BCUT2D eigenvalue weighted by molar-refractivity contribution is 7.08. The summed E-state index contributed by atoms with van der Waals surface area (Å²) in [6.45, 7) is 0.641. The quantitative estimate of drug-likeness (QED) is 0.803. The SMILES string of the molecule is COc1cccc(NC(=O)NCC2(c3ccsc3)CCCC2)c1OC. The fraction of sp³-hybridized carbons (Fsp3) is 0.421. The highest BCUT2D eigenvalue weighted by Crippen LogP contribution is 2.41. The second-order valence-corrected chi connectivity index (χ2v) is 7.13. The minimum Gasteiger partial charge on any atom is -0.493 e. The lowest BCUT2D eigenvalue weighted by atomic mass is 9.80. The minimum absolute atomic E-state index is 0.0653. The van der Waals surface area contributed by atoms with Crippen LogP contribution in [0.2, 0.25) is 0 Å². The van der Waals surface area contributed by atoms with Crippen molar-refractivity contribution in [2.75, 3.05) is 26.1 Å². The van der Waals surface area contributed by atoms with Gasteiger partial charge in [0.25, 0.3) is 0 Å². The molecule has 1 aliphatic carbocycles. The van der Waals surface area contributed by atoms with Crippen molar-refractivity contribution in [3.63, 3.8) is 0 Å². The maximum atomic E-state index is 12.4. The number of hydrogen-bond donors (Lipinski definition) is 2. The summed E-state index contributed by atoms with van der Waals surface area (Å²) in [5, 5.41) is 10.2. The molecule has 0 radical (unpaired) electrons. The van der Waals surface area contributed by atoms with E-state index in [1.165, 1.54) is 18.4 Å². The van der Waals surface area contributed by atoms with Crippen molar-refractivity contribution in [3.05, 3.63) is 40.6 Å². The summed E-state index contributed by atoms with van der Waals surface area (Å²) in [5.74, 6) is 1.11. The minimum atomic E-state index is -0.229.